The number of halogens is 1. The van der Waals surface area contributed by atoms with Gasteiger partial charge in [-0.3, -0.25) is 4.79 Å². The highest BCUT2D eigenvalue weighted by Gasteiger charge is 2.41. The molecule has 1 aliphatic carbocycles. The van der Waals surface area contributed by atoms with Crippen LogP contribution in [0.1, 0.15) is 82.6 Å². The Balaban J connectivity index is 1.67. The first-order chi connectivity index (χ1) is 17.0. The normalized spacial score (nSPS) is 22.1. The number of methoxy groups -OCH3 is 1. The number of carbonyl (C=O) groups is 1. The maximum atomic E-state index is 13.5. The largest absolute Gasteiger partial charge is 0.385 e. The van der Waals surface area contributed by atoms with Crippen LogP contribution in [0.3, 0.4) is 0 Å². The number of aliphatic hydroxyl groups is 1. The lowest BCUT2D eigenvalue weighted by Crippen LogP contribution is -2.48. The molecule has 0 aromatic heterocycles. The molecule has 3 unspecified atom stereocenters. The van der Waals surface area contributed by atoms with Crippen molar-refractivity contribution in [1.82, 2.24) is 10.2 Å². The molecular weight excluding hydrogens is 460 g/mol. The van der Waals surface area contributed by atoms with E-state index in [4.69, 9.17) is 16.3 Å². The molecule has 1 aliphatic heterocycles. The number of carbonyl (C=O) groups excluding carboxylic acids is 1. The van der Waals surface area contributed by atoms with Gasteiger partial charge in [0.1, 0.15) is 0 Å². The van der Waals surface area contributed by atoms with Gasteiger partial charge in [-0.25, -0.2) is 0 Å². The molecule has 6 heteroatoms. The molecule has 2 aliphatic rings. The third kappa shape index (κ3) is 8.45. The number of rotatable bonds is 13. The fourth-order valence-corrected chi connectivity index (χ4v) is 6.56. The SMILES string of the molecule is CNCC(CC(=O)N1CCCC(C(O)(CCCCOC)c2cccc(Cl)c2)C1)CC1CCCCC1. The van der Waals surface area contributed by atoms with Crippen LogP contribution in [-0.2, 0) is 15.1 Å². The Kier molecular flexibility index (Phi) is 11.8. The minimum atomic E-state index is -0.996. The lowest BCUT2D eigenvalue weighted by molar-refractivity contribution is -0.138. The van der Waals surface area contributed by atoms with Gasteiger partial charge in [0.15, 0.2) is 0 Å². The quantitative estimate of drug-likeness (QED) is 0.333. The van der Waals surface area contributed by atoms with Gasteiger partial charge in [0, 0.05) is 44.2 Å². The first-order valence-electron chi connectivity index (χ1n) is 13.9. The summed E-state index contributed by atoms with van der Waals surface area (Å²) in [5.74, 6) is 1.40. The van der Waals surface area contributed by atoms with Gasteiger partial charge in [-0.15, -0.1) is 0 Å². The van der Waals surface area contributed by atoms with Crippen LogP contribution in [0.5, 0.6) is 0 Å². The predicted molar refractivity (Wildman–Crippen MR) is 144 cm³/mol. The van der Waals surface area contributed by atoms with Crippen molar-refractivity contribution in [1.29, 1.82) is 0 Å². The van der Waals surface area contributed by atoms with Gasteiger partial charge >= 0.3 is 0 Å². The van der Waals surface area contributed by atoms with Gasteiger partial charge in [0.2, 0.25) is 5.91 Å². The topological polar surface area (TPSA) is 61.8 Å². The molecule has 0 spiro atoms. The molecule has 2 N–H and O–H groups in total. The van der Waals surface area contributed by atoms with E-state index in [0.717, 1.165) is 56.7 Å². The molecule has 3 rings (SSSR count). The van der Waals surface area contributed by atoms with Gasteiger partial charge < -0.3 is 20.1 Å². The zero-order valence-electron chi connectivity index (χ0n) is 21.9. The van der Waals surface area contributed by atoms with Crippen molar-refractivity contribution in [2.24, 2.45) is 17.8 Å². The smallest absolute Gasteiger partial charge is 0.222 e. The first-order valence-corrected chi connectivity index (χ1v) is 14.2. The van der Waals surface area contributed by atoms with Crippen LogP contribution in [-0.4, -0.2) is 56.3 Å². The fraction of sp³-hybridized carbons (Fsp3) is 0.759. The first kappa shape index (κ1) is 28.4. The summed E-state index contributed by atoms with van der Waals surface area (Å²) < 4.78 is 5.23. The molecule has 198 valence electrons. The molecule has 3 atom stereocenters. The molecule has 1 aromatic rings. The van der Waals surface area contributed by atoms with E-state index in [1.54, 1.807) is 7.11 Å². The number of piperidine rings is 1. The minimum Gasteiger partial charge on any atom is -0.385 e. The van der Waals surface area contributed by atoms with E-state index in [1.165, 1.54) is 32.1 Å². The number of nitrogens with one attached hydrogen (secondary N) is 1. The molecule has 0 radical (unpaired) electrons. The van der Waals surface area contributed by atoms with Crippen LogP contribution in [0.15, 0.2) is 24.3 Å². The zero-order valence-corrected chi connectivity index (χ0v) is 22.7. The van der Waals surface area contributed by atoms with Crippen LogP contribution < -0.4 is 5.32 Å². The maximum absolute atomic E-state index is 13.5. The Morgan fingerprint density at radius 1 is 1.23 bits per heavy atom. The summed E-state index contributed by atoms with van der Waals surface area (Å²) in [4.78, 5) is 15.5. The zero-order chi connectivity index (χ0) is 25.1. The lowest BCUT2D eigenvalue weighted by Gasteiger charge is -2.43. The molecule has 35 heavy (non-hydrogen) atoms. The highest BCUT2D eigenvalue weighted by Crippen LogP contribution is 2.41. The molecule has 1 aromatic carbocycles. The molecule has 0 bridgehead atoms. The number of unbranched alkanes of at least 4 members (excludes halogenated alkanes) is 1. The molecule has 1 saturated carbocycles. The van der Waals surface area contributed by atoms with Gasteiger partial charge in [-0.05, 0) is 81.6 Å². The predicted octanol–water partition coefficient (Wildman–Crippen LogP) is 5.78. The number of benzene rings is 1. The Bertz CT molecular complexity index is 770. The number of amides is 1. The summed E-state index contributed by atoms with van der Waals surface area (Å²) in [7, 11) is 3.70. The van der Waals surface area contributed by atoms with Crippen molar-refractivity contribution >= 4 is 17.5 Å². The van der Waals surface area contributed by atoms with Crippen LogP contribution in [0.25, 0.3) is 0 Å². The molecule has 1 saturated heterocycles. The second kappa shape index (κ2) is 14.6. The summed E-state index contributed by atoms with van der Waals surface area (Å²) in [6, 6.07) is 7.64. The van der Waals surface area contributed by atoms with Crippen LogP contribution in [0.2, 0.25) is 5.02 Å². The number of hydrogen-bond acceptors (Lipinski definition) is 4. The Hall–Kier alpha value is -1.14. The van der Waals surface area contributed by atoms with E-state index in [2.05, 4.69) is 5.32 Å². The van der Waals surface area contributed by atoms with Gasteiger partial charge in [-0.2, -0.15) is 0 Å². The molecular formula is C29H47ClN2O3. The monoisotopic (exact) mass is 506 g/mol. The van der Waals surface area contributed by atoms with E-state index in [1.807, 2.05) is 36.2 Å². The molecule has 1 heterocycles. The van der Waals surface area contributed by atoms with Gasteiger partial charge in [0.25, 0.3) is 0 Å². The Morgan fingerprint density at radius 2 is 2.03 bits per heavy atom. The number of nitrogens with zero attached hydrogens (tertiary/aromatic N) is 1. The summed E-state index contributed by atoms with van der Waals surface area (Å²) in [6.07, 6.45) is 12.7. The van der Waals surface area contributed by atoms with Gasteiger partial charge in [0.05, 0.1) is 5.60 Å². The van der Waals surface area contributed by atoms with Crippen LogP contribution in [0, 0.1) is 17.8 Å². The van der Waals surface area contributed by atoms with E-state index in [0.29, 0.717) is 36.9 Å². The van der Waals surface area contributed by atoms with Crippen LogP contribution >= 0.6 is 11.6 Å². The van der Waals surface area contributed by atoms with E-state index >= 15 is 0 Å². The average Bonchev–Trinajstić information content (AvgIpc) is 2.87. The highest BCUT2D eigenvalue weighted by atomic mass is 35.5. The third-order valence-electron chi connectivity index (χ3n) is 8.28. The summed E-state index contributed by atoms with van der Waals surface area (Å²) in [5, 5.41) is 16.0. The van der Waals surface area contributed by atoms with Crippen molar-refractivity contribution in [3.63, 3.8) is 0 Å². The maximum Gasteiger partial charge on any atom is 0.222 e. The average molecular weight is 507 g/mol. The summed E-state index contributed by atoms with van der Waals surface area (Å²) >= 11 is 6.32. The van der Waals surface area contributed by atoms with Crippen molar-refractivity contribution in [2.75, 3.05) is 40.4 Å². The van der Waals surface area contributed by atoms with Crippen molar-refractivity contribution < 1.29 is 14.6 Å². The standard InChI is InChI=1S/C29H47ClN2O3/c1-31-21-24(18-23-10-4-3-5-11-23)19-28(33)32-16-9-13-26(22-32)29(34,15-6-7-17-35-2)25-12-8-14-27(30)20-25/h8,12,14,20,23-24,26,31,34H,3-7,9-11,13,15-19,21-22H2,1-2H3. The van der Waals surface area contributed by atoms with Crippen LogP contribution in [0.4, 0.5) is 0 Å². The fourth-order valence-electron chi connectivity index (χ4n) is 6.37. The lowest BCUT2D eigenvalue weighted by atomic mass is 9.74. The van der Waals surface area contributed by atoms with Crippen molar-refractivity contribution in [3.8, 4) is 0 Å². The number of ether oxygens (including phenoxy) is 1. The molecule has 1 amide bonds. The van der Waals surface area contributed by atoms with E-state index in [9.17, 15) is 9.90 Å². The minimum absolute atomic E-state index is 0.00214. The second-order valence-electron chi connectivity index (χ2n) is 10.9. The Labute approximate surface area is 217 Å². The number of likely N-dealkylation sites (tertiary alicyclic amines) is 1. The van der Waals surface area contributed by atoms with Crippen molar-refractivity contribution in [2.45, 2.75) is 82.7 Å². The highest BCUT2D eigenvalue weighted by molar-refractivity contribution is 6.30. The van der Waals surface area contributed by atoms with Gasteiger partial charge in [-0.1, -0.05) is 55.8 Å². The second-order valence-corrected chi connectivity index (χ2v) is 11.4. The third-order valence-corrected chi connectivity index (χ3v) is 8.51. The summed E-state index contributed by atoms with van der Waals surface area (Å²) in [6.45, 7) is 2.99. The summed E-state index contributed by atoms with van der Waals surface area (Å²) in [5.41, 5.74) is -0.128. The van der Waals surface area contributed by atoms with Crippen molar-refractivity contribution in [3.05, 3.63) is 34.9 Å². The molecule has 2 fully saturated rings. The van der Waals surface area contributed by atoms with E-state index in [-0.39, 0.29) is 11.8 Å². The molecule has 5 nitrogen and oxygen atoms in total. The Morgan fingerprint density at radius 3 is 2.74 bits per heavy atom. The number of hydrogen-bond donors (Lipinski definition) is 2. The van der Waals surface area contributed by atoms with E-state index < -0.39 is 5.60 Å².